The van der Waals surface area contributed by atoms with Crippen LogP contribution in [0.15, 0.2) is 36.7 Å². The highest BCUT2D eigenvalue weighted by Gasteiger charge is 2.45. The van der Waals surface area contributed by atoms with E-state index in [0.29, 0.717) is 43.2 Å². The number of aromatic nitrogens is 3. The number of hydrogen-bond acceptors (Lipinski definition) is 6. The van der Waals surface area contributed by atoms with Crippen LogP contribution in [-0.4, -0.2) is 58.1 Å². The summed E-state index contributed by atoms with van der Waals surface area (Å²) in [6.45, 7) is 4.69. The molecule has 4 heterocycles. The van der Waals surface area contributed by atoms with Crippen molar-refractivity contribution in [1.29, 1.82) is 0 Å². The summed E-state index contributed by atoms with van der Waals surface area (Å²) in [5, 5.41) is 3.26. The lowest BCUT2D eigenvalue weighted by molar-refractivity contribution is 0.0675. The van der Waals surface area contributed by atoms with Gasteiger partial charge in [0.15, 0.2) is 0 Å². The number of carbonyl (C=O) groups is 1. The maximum absolute atomic E-state index is 12.7. The van der Waals surface area contributed by atoms with E-state index >= 15 is 0 Å². The molecule has 2 aromatic heterocycles. The second kappa shape index (κ2) is 6.76. The van der Waals surface area contributed by atoms with Crippen molar-refractivity contribution in [3.8, 4) is 0 Å². The van der Waals surface area contributed by atoms with Crippen LogP contribution in [0.1, 0.15) is 16.2 Å². The van der Waals surface area contributed by atoms with Crippen LogP contribution in [0.2, 0.25) is 0 Å². The van der Waals surface area contributed by atoms with E-state index in [2.05, 4.69) is 20.3 Å². The second-order valence-corrected chi connectivity index (χ2v) is 6.62. The quantitative estimate of drug-likeness (QED) is 0.906. The molecule has 0 aromatic carbocycles. The molecule has 1 N–H and O–H groups in total. The summed E-state index contributed by atoms with van der Waals surface area (Å²) in [4.78, 5) is 27.3. The van der Waals surface area contributed by atoms with E-state index in [0.717, 1.165) is 12.2 Å². The van der Waals surface area contributed by atoms with Gasteiger partial charge >= 0.3 is 0 Å². The Bertz CT molecular complexity index is 754. The molecule has 0 spiro atoms. The Morgan fingerprint density at radius 2 is 2.12 bits per heavy atom. The van der Waals surface area contributed by atoms with E-state index in [1.165, 1.54) is 0 Å². The van der Waals surface area contributed by atoms with Gasteiger partial charge in [-0.25, -0.2) is 15.0 Å². The van der Waals surface area contributed by atoms with Gasteiger partial charge in [-0.2, -0.15) is 0 Å². The number of fused-ring (bicyclic) bond motifs is 1. The summed E-state index contributed by atoms with van der Waals surface area (Å²) in [5.74, 6) is 1.29. The second-order valence-electron chi connectivity index (χ2n) is 6.62. The molecule has 3 atom stereocenters. The molecule has 0 aliphatic carbocycles. The molecular formula is C18H21N5O2. The third-order valence-electron chi connectivity index (χ3n) is 4.92. The Morgan fingerprint density at radius 1 is 1.28 bits per heavy atom. The lowest BCUT2D eigenvalue weighted by Crippen LogP contribution is -2.32. The standard InChI is InChI=1S/C18H21N5O2/c1-12-4-2-5-15(22-12)17(24)23-9-14-13(11-25-16(14)10-23)8-21-18-19-6-3-7-20-18/h2-7,13-14,16H,8-11H2,1H3,(H,19,20,21)/t13-,14+,16+/m1/s1. The summed E-state index contributed by atoms with van der Waals surface area (Å²) in [7, 11) is 0. The van der Waals surface area contributed by atoms with Crippen molar-refractivity contribution in [3.05, 3.63) is 48.0 Å². The molecule has 2 aliphatic heterocycles. The van der Waals surface area contributed by atoms with E-state index in [-0.39, 0.29) is 12.0 Å². The van der Waals surface area contributed by atoms with Crippen molar-refractivity contribution >= 4 is 11.9 Å². The van der Waals surface area contributed by atoms with Gasteiger partial charge in [-0.1, -0.05) is 6.07 Å². The van der Waals surface area contributed by atoms with Gasteiger partial charge in [0.05, 0.1) is 12.7 Å². The minimum Gasteiger partial charge on any atom is -0.376 e. The van der Waals surface area contributed by atoms with Crippen molar-refractivity contribution in [1.82, 2.24) is 19.9 Å². The first-order valence-electron chi connectivity index (χ1n) is 8.56. The predicted octanol–water partition coefficient (Wildman–Crippen LogP) is 1.38. The summed E-state index contributed by atoms with van der Waals surface area (Å²) >= 11 is 0. The molecule has 0 bridgehead atoms. The average molecular weight is 339 g/mol. The number of anilines is 1. The topological polar surface area (TPSA) is 80.2 Å². The van der Waals surface area contributed by atoms with Gasteiger partial charge in [0, 0.05) is 49.6 Å². The Balaban J connectivity index is 1.38. The minimum absolute atomic E-state index is 0.0141. The van der Waals surface area contributed by atoms with Gasteiger partial charge in [-0.3, -0.25) is 4.79 Å². The lowest BCUT2D eigenvalue weighted by atomic mass is 9.93. The fourth-order valence-electron chi connectivity index (χ4n) is 3.61. The Morgan fingerprint density at radius 3 is 2.92 bits per heavy atom. The first-order chi connectivity index (χ1) is 12.2. The Labute approximate surface area is 146 Å². The Kier molecular flexibility index (Phi) is 4.31. The van der Waals surface area contributed by atoms with E-state index in [1.807, 2.05) is 24.0 Å². The highest BCUT2D eigenvalue weighted by atomic mass is 16.5. The first kappa shape index (κ1) is 16.0. The summed E-state index contributed by atoms with van der Waals surface area (Å²) < 4.78 is 5.92. The largest absolute Gasteiger partial charge is 0.376 e. The van der Waals surface area contributed by atoms with Crippen LogP contribution in [0.4, 0.5) is 5.95 Å². The van der Waals surface area contributed by atoms with Crippen LogP contribution in [0, 0.1) is 18.8 Å². The van der Waals surface area contributed by atoms with Gasteiger partial charge in [0.2, 0.25) is 5.95 Å². The SMILES string of the molecule is Cc1cccc(C(=O)N2C[C@H]3[C@H](CNc4ncccn4)CO[C@H]3C2)n1. The molecule has 4 rings (SSSR count). The molecule has 2 aliphatic rings. The minimum atomic E-state index is -0.0141. The first-order valence-corrected chi connectivity index (χ1v) is 8.56. The van der Waals surface area contributed by atoms with E-state index in [1.54, 1.807) is 24.5 Å². The zero-order valence-electron chi connectivity index (χ0n) is 14.1. The number of pyridine rings is 1. The van der Waals surface area contributed by atoms with Gasteiger partial charge in [-0.05, 0) is 25.1 Å². The maximum atomic E-state index is 12.7. The molecule has 7 heteroatoms. The average Bonchev–Trinajstić information content (AvgIpc) is 3.21. The molecule has 7 nitrogen and oxygen atoms in total. The highest BCUT2D eigenvalue weighted by Crippen LogP contribution is 2.34. The van der Waals surface area contributed by atoms with E-state index in [4.69, 9.17) is 4.74 Å². The van der Waals surface area contributed by atoms with E-state index < -0.39 is 0 Å². The van der Waals surface area contributed by atoms with Gasteiger partial charge in [0.25, 0.3) is 5.91 Å². The number of carbonyl (C=O) groups excluding carboxylic acids is 1. The van der Waals surface area contributed by atoms with Gasteiger partial charge in [0.1, 0.15) is 5.69 Å². The number of likely N-dealkylation sites (tertiary alicyclic amines) is 1. The molecule has 2 fully saturated rings. The monoisotopic (exact) mass is 339 g/mol. The summed E-state index contributed by atoms with van der Waals surface area (Å²) in [6.07, 6.45) is 3.54. The summed E-state index contributed by atoms with van der Waals surface area (Å²) in [5.41, 5.74) is 1.36. The lowest BCUT2D eigenvalue weighted by Gasteiger charge is -2.20. The molecule has 0 radical (unpaired) electrons. The van der Waals surface area contributed by atoms with Crippen molar-refractivity contribution in [3.63, 3.8) is 0 Å². The molecule has 2 saturated heterocycles. The number of nitrogens with one attached hydrogen (secondary N) is 1. The van der Waals surface area contributed by atoms with Crippen LogP contribution in [0.5, 0.6) is 0 Å². The smallest absolute Gasteiger partial charge is 0.272 e. The van der Waals surface area contributed by atoms with Crippen LogP contribution in [0.25, 0.3) is 0 Å². The molecule has 0 unspecified atom stereocenters. The maximum Gasteiger partial charge on any atom is 0.272 e. The van der Waals surface area contributed by atoms with Crippen molar-refractivity contribution in [2.75, 3.05) is 31.6 Å². The van der Waals surface area contributed by atoms with Crippen LogP contribution < -0.4 is 5.32 Å². The molecule has 1 amide bonds. The van der Waals surface area contributed by atoms with Crippen LogP contribution in [-0.2, 0) is 4.74 Å². The molecule has 0 saturated carbocycles. The number of hydrogen-bond donors (Lipinski definition) is 1. The van der Waals surface area contributed by atoms with Crippen molar-refractivity contribution < 1.29 is 9.53 Å². The number of nitrogens with zero attached hydrogens (tertiary/aromatic N) is 4. The zero-order valence-corrected chi connectivity index (χ0v) is 14.1. The van der Waals surface area contributed by atoms with Crippen LogP contribution >= 0.6 is 0 Å². The van der Waals surface area contributed by atoms with E-state index in [9.17, 15) is 4.79 Å². The normalized spacial score (nSPS) is 25.0. The van der Waals surface area contributed by atoms with Crippen molar-refractivity contribution in [2.24, 2.45) is 11.8 Å². The fourth-order valence-corrected chi connectivity index (χ4v) is 3.61. The third-order valence-corrected chi connectivity index (χ3v) is 4.92. The zero-order chi connectivity index (χ0) is 17.2. The Hall–Kier alpha value is -2.54. The van der Waals surface area contributed by atoms with Crippen molar-refractivity contribution in [2.45, 2.75) is 13.0 Å². The van der Waals surface area contributed by atoms with Gasteiger partial charge < -0.3 is 15.0 Å². The third kappa shape index (κ3) is 3.32. The number of ether oxygens (including phenoxy) is 1. The van der Waals surface area contributed by atoms with Gasteiger partial charge in [-0.15, -0.1) is 0 Å². The number of amides is 1. The predicted molar refractivity (Wildman–Crippen MR) is 92.1 cm³/mol. The highest BCUT2D eigenvalue weighted by molar-refractivity contribution is 5.92. The fraction of sp³-hybridized carbons (Fsp3) is 0.444. The number of aryl methyl sites for hydroxylation is 1. The molecule has 130 valence electrons. The molecular weight excluding hydrogens is 318 g/mol. The molecule has 2 aromatic rings. The van der Waals surface area contributed by atoms with Crippen LogP contribution in [0.3, 0.4) is 0 Å². The molecule has 25 heavy (non-hydrogen) atoms. The summed E-state index contributed by atoms with van der Waals surface area (Å²) in [6, 6.07) is 7.33. The number of rotatable bonds is 4.